The van der Waals surface area contributed by atoms with E-state index >= 15 is 0 Å². The number of aliphatic hydroxyl groups is 1. The summed E-state index contributed by atoms with van der Waals surface area (Å²) >= 11 is 1.30. The first-order chi connectivity index (χ1) is 10.1. The molecule has 1 aliphatic carbocycles. The lowest BCUT2D eigenvalue weighted by Gasteiger charge is -2.11. The zero-order chi connectivity index (χ0) is 14.9. The zero-order valence-corrected chi connectivity index (χ0v) is 13.0. The van der Waals surface area contributed by atoms with Gasteiger partial charge in [-0.05, 0) is 42.5 Å². The Morgan fingerprint density at radius 3 is 2.90 bits per heavy atom. The summed E-state index contributed by atoms with van der Waals surface area (Å²) in [7, 11) is -3.59. The van der Waals surface area contributed by atoms with Gasteiger partial charge < -0.3 is 5.11 Å². The van der Waals surface area contributed by atoms with Crippen molar-refractivity contribution in [3.05, 3.63) is 45.9 Å². The minimum absolute atomic E-state index is 0.0540. The summed E-state index contributed by atoms with van der Waals surface area (Å²) in [6.45, 7) is -0.0540. The van der Waals surface area contributed by atoms with Crippen LogP contribution in [0.25, 0.3) is 0 Å². The van der Waals surface area contributed by atoms with Crippen LogP contribution >= 0.6 is 11.3 Å². The fourth-order valence-corrected chi connectivity index (χ4v) is 4.17. The lowest BCUT2D eigenvalue weighted by molar-refractivity contribution is 0.185. The quantitative estimate of drug-likeness (QED) is 0.876. The Labute approximate surface area is 127 Å². The van der Waals surface area contributed by atoms with E-state index in [1.165, 1.54) is 16.9 Å². The minimum Gasteiger partial charge on any atom is -0.386 e. The number of fused-ring (bicyclic) bond motifs is 1. The fourth-order valence-electron chi connectivity index (χ4n) is 2.48. The lowest BCUT2D eigenvalue weighted by Crippen LogP contribution is -2.28. The number of sulfonamides is 1. The molecule has 0 spiro atoms. The number of aromatic nitrogens is 1. The van der Waals surface area contributed by atoms with E-state index in [1.807, 2.05) is 6.07 Å². The Hall–Kier alpha value is -1.28. The minimum atomic E-state index is -3.59. The molecule has 1 aliphatic rings. The topological polar surface area (TPSA) is 79.3 Å². The molecular weight excluding hydrogens is 308 g/mol. The van der Waals surface area contributed by atoms with Crippen LogP contribution in [0.3, 0.4) is 0 Å². The van der Waals surface area contributed by atoms with Crippen molar-refractivity contribution in [3.8, 4) is 0 Å². The van der Waals surface area contributed by atoms with Crippen molar-refractivity contribution >= 4 is 21.4 Å². The van der Waals surface area contributed by atoms with E-state index < -0.39 is 16.1 Å². The number of rotatable bonds is 5. The Balaban J connectivity index is 1.72. The van der Waals surface area contributed by atoms with E-state index in [4.69, 9.17) is 0 Å². The first kappa shape index (κ1) is 14.6. The summed E-state index contributed by atoms with van der Waals surface area (Å²) in [4.78, 5) is 4.78. The van der Waals surface area contributed by atoms with Gasteiger partial charge in [-0.1, -0.05) is 6.07 Å². The van der Waals surface area contributed by atoms with E-state index in [9.17, 15) is 13.5 Å². The van der Waals surface area contributed by atoms with E-state index in [0.717, 1.165) is 24.8 Å². The molecule has 0 saturated heterocycles. The van der Waals surface area contributed by atoms with Crippen molar-refractivity contribution in [2.45, 2.75) is 30.3 Å². The molecule has 1 atom stereocenters. The van der Waals surface area contributed by atoms with E-state index in [0.29, 0.717) is 4.88 Å². The lowest BCUT2D eigenvalue weighted by atomic mass is 10.1. The molecule has 2 aromatic rings. The average molecular weight is 324 g/mol. The van der Waals surface area contributed by atoms with Crippen LogP contribution in [-0.2, 0) is 22.9 Å². The van der Waals surface area contributed by atoms with Gasteiger partial charge in [0.15, 0.2) is 0 Å². The molecule has 3 rings (SSSR count). The highest BCUT2D eigenvalue weighted by Gasteiger charge is 2.20. The third kappa shape index (κ3) is 3.16. The molecule has 7 heteroatoms. The largest absolute Gasteiger partial charge is 0.386 e. The molecule has 1 heterocycles. The molecule has 0 fully saturated rings. The molecule has 0 saturated carbocycles. The standard InChI is InChI=1S/C14H16N2O3S2/c17-13(14-8-15-9-20-14)7-16-21(18,19)12-5-4-10-2-1-3-11(10)6-12/h4-6,8-9,13,16-17H,1-3,7H2. The number of aliphatic hydroxyl groups excluding tert-OH is 1. The number of thiazole rings is 1. The smallest absolute Gasteiger partial charge is 0.240 e. The molecule has 0 radical (unpaired) electrons. The van der Waals surface area contributed by atoms with Crippen molar-refractivity contribution < 1.29 is 13.5 Å². The van der Waals surface area contributed by atoms with Gasteiger partial charge in [-0.15, -0.1) is 11.3 Å². The second-order valence-corrected chi connectivity index (χ2v) is 7.74. The van der Waals surface area contributed by atoms with Crippen LogP contribution in [0.4, 0.5) is 0 Å². The normalized spacial score (nSPS) is 15.9. The molecule has 5 nitrogen and oxygen atoms in total. The first-order valence-electron chi connectivity index (χ1n) is 6.74. The molecule has 21 heavy (non-hydrogen) atoms. The van der Waals surface area contributed by atoms with Gasteiger partial charge >= 0.3 is 0 Å². The van der Waals surface area contributed by atoms with Gasteiger partial charge in [0, 0.05) is 12.7 Å². The Morgan fingerprint density at radius 2 is 2.14 bits per heavy atom. The summed E-state index contributed by atoms with van der Waals surface area (Å²) in [6.07, 6.45) is 3.70. The van der Waals surface area contributed by atoms with Crippen LogP contribution in [-0.4, -0.2) is 25.1 Å². The molecule has 0 bridgehead atoms. The van der Waals surface area contributed by atoms with Crippen molar-refractivity contribution in [1.29, 1.82) is 0 Å². The second-order valence-electron chi connectivity index (χ2n) is 5.06. The summed E-state index contributed by atoms with van der Waals surface area (Å²) in [5.41, 5.74) is 3.95. The van der Waals surface area contributed by atoms with Gasteiger partial charge in [-0.3, -0.25) is 4.98 Å². The first-order valence-corrected chi connectivity index (χ1v) is 9.10. The molecular formula is C14H16N2O3S2. The van der Waals surface area contributed by atoms with Gasteiger partial charge in [0.2, 0.25) is 10.0 Å². The van der Waals surface area contributed by atoms with Gasteiger partial charge in [0.05, 0.1) is 15.3 Å². The van der Waals surface area contributed by atoms with Crippen LogP contribution in [0.5, 0.6) is 0 Å². The van der Waals surface area contributed by atoms with Crippen LogP contribution in [0.1, 0.15) is 28.5 Å². The molecule has 112 valence electrons. The van der Waals surface area contributed by atoms with Crippen LogP contribution < -0.4 is 4.72 Å². The Bertz CT molecular complexity index is 727. The fraction of sp³-hybridized carbons (Fsp3) is 0.357. The number of aryl methyl sites for hydroxylation is 2. The third-order valence-electron chi connectivity index (χ3n) is 3.63. The molecule has 1 aromatic carbocycles. The van der Waals surface area contributed by atoms with Crippen molar-refractivity contribution in [2.24, 2.45) is 0 Å². The monoisotopic (exact) mass is 324 g/mol. The Morgan fingerprint density at radius 1 is 1.33 bits per heavy atom. The van der Waals surface area contributed by atoms with Crippen molar-refractivity contribution in [3.63, 3.8) is 0 Å². The van der Waals surface area contributed by atoms with Gasteiger partial charge in [0.1, 0.15) is 6.10 Å². The molecule has 1 unspecified atom stereocenters. The summed E-state index contributed by atoms with van der Waals surface area (Å²) in [6, 6.07) is 5.26. The van der Waals surface area contributed by atoms with Crippen LogP contribution in [0, 0.1) is 0 Å². The van der Waals surface area contributed by atoms with Gasteiger partial charge in [-0.25, -0.2) is 13.1 Å². The average Bonchev–Trinajstić information content (AvgIpc) is 3.14. The summed E-state index contributed by atoms with van der Waals surface area (Å²) in [5.74, 6) is 0. The second kappa shape index (κ2) is 5.84. The SMILES string of the molecule is O=S(=O)(NCC(O)c1cncs1)c1ccc2c(c1)CCC2. The highest BCUT2D eigenvalue weighted by Crippen LogP contribution is 2.25. The maximum Gasteiger partial charge on any atom is 0.240 e. The predicted molar refractivity (Wildman–Crippen MR) is 80.7 cm³/mol. The van der Waals surface area contributed by atoms with Gasteiger partial charge in [0.25, 0.3) is 0 Å². The summed E-state index contributed by atoms with van der Waals surface area (Å²) < 4.78 is 27.0. The Kier molecular flexibility index (Phi) is 4.08. The number of hydrogen-bond acceptors (Lipinski definition) is 5. The molecule has 0 aliphatic heterocycles. The maximum absolute atomic E-state index is 12.3. The van der Waals surface area contributed by atoms with E-state index in [-0.39, 0.29) is 11.4 Å². The van der Waals surface area contributed by atoms with E-state index in [2.05, 4.69) is 9.71 Å². The number of nitrogens with one attached hydrogen (secondary N) is 1. The number of nitrogens with zero attached hydrogens (tertiary/aromatic N) is 1. The summed E-state index contributed by atoms with van der Waals surface area (Å²) in [5, 5.41) is 9.92. The van der Waals surface area contributed by atoms with Crippen LogP contribution in [0.2, 0.25) is 0 Å². The number of hydrogen-bond donors (Lipinski definition) is 2. The molecule has 0 amide bonds. The molecule has 1 aromatic heterocycles. The molecule has 2 N–H and O–H groups in total. The van der Waals surface area contributed by atoms with Crippen molar-refractivity contribution in [1.82, 2.24) is 9.71 Å². The predicted octanol–water partition coefficient (Wildman–Crippen LogP) is 1.64. The van der Waals surface area contributed by atoms with E-state index in [1.54, 1.807) is 23.8 Å². The van der Waals surface area contributed by atoms with Crippen LogP contribution in [0.15, 0.2) is 34.8 Å². The zero-order valence-electron chi connectivity index (χ0n) is 11.3. The highest BCUT2D eigenvalue weighted by molar-refractivity contribution is 7.89. The third-order valence-corrected chi connectivity index (χ3v) is 5.92. The maximum atomic E-state index is 12.3. The van der Waals surface area contributed by atoms with Crippen molar-refractivity contribution in [2.75, 3.05) is 6.54 Å². The van der Waals surface area contributed by atoms with Gasteiger partial charge in [-0.2, -0.15) is 0 Å². The highest BCUT2D eigenvalue weighted by atomic mass is 32.2. The number of benzene rings is 1.